The van der Waals surface area contributed by atoms with Gasteiger partial charge < -0.3 is 4.74 Å². The summed E-state index contributed by atoms with van der Waals surface area (Å²) in [5.41, 5.74) is 1.17. The first-order valence-corrected chi connectivity index (χ1v) is 5.03. The Hall–Kier alpha value is -1.47. The van der Waals surface area contributed by atoms with Gasteiger partial charge in [0.15, 0.2) is 0 Å². The number of ether oxygens (including phenoxy) is 1. The molecule has 0 aromatic heterocycles. The first-order valence-electron chi connectivity index (χ1n) is 4.66. The van der Waals surface area contributed by atoms with Gasteiger partial charge in [-0.05, 0) is 42.8 Å². The van der Waals surface area contributed by atoms with Gasteiger partial charge in [-0.3, -0.25) is 0 Å². The molecule has 0 saturated carbocycles. The first-order chi connectivity index (χ1) is 7.24. The van der Waals surface area contributed by atoms with E-state index in [9.17, 15) is 0 Å². The summed E-state index contributed by atoms with van der Waals surface area (Å²) in [4.78, 5) is 0. The van der Waals surface area contributed by atoms with Crippen LogP contribution < -0.4 is 4.74 Å². The quantitative estimate of drug-likeness (QED) is 0.731. The van der Waals surface area contributed by atoms with Crippen molar-refractivity contribution in [2.75, 3.05) is 0 Å². The summed E-state index contributed by atoms with van der Waals surface area (Å²) in [6, 6.07) is 16.1. The van der Waals surface area contributed by atoms with Gasteiger partial charge >= 0.3 is 0 Å². The molecule has 0 atom stereocenters. The van der Waals surface area contributed by atoms with E-state index in [0.29, 0.717) is 10.8 Å². The molecular formula is C13H10ClO. The van der Waals surface area contributed by atoms with Crippen molar-refractivity contribution < 1.29 is 4.74 Å². The summed E-state index contributed by atoms with van der Waals surface area (Å²) in [7, 11) is 0. The maximum absolute atomic E-state index is 5.75. The van der Waals surface area contributed by atoms with Crippen LogP contribution in [0.5, 0.6) is 11.5 Å². The van der Waals surface area contributed by atoms with E-state index in [1.54, 1.807) is 18.2 Å². The lowest BCUT2D eigenvalue weighted by Gasteiger charge is -2.05. The van der Waals surface area contributed by atoms with Gasteiger partial charge in [0, 0.05) is 11.1 Å². The smallest absolute Gasteiger partial charge is 0.135 e. The highest BCUT2D eigenvalue weighted by Gasteiger charge is 1.97. The molecule has 15 heavy (non-hydrogen) atoms. The van der Waals surface area contributed by atoms with Gasteiger partial charge in [-0.15, -0.1) is 0 Å². The van der Waals surface area contributed by atoms with Gasteiger partial charge in [-0.25, -0.2) is 0 Å². The van der Waals surface area contributed by atoms with E-state index in [-0.39, 0.29) is 0 Å². The Morgan fingerprint density at radius 2 is 2.07 bits per heavy atom. The number of hydrogen-bond donors (Lipinski definition) is 0. The molecule has 0 saturated heterocycles. The Kier molecular flexibility index (Phi) is 2.93. The minimum Gasteiger partial charge on any atom is -0.457 e. The van der Waals surface area contributed by atoms with E-state index in [4.69, 9.17) is 16.3 Å². The second-order valence-corrected chi connectivity index (χ2v) is 3.73. The van der Waals surface area contributed by atoms with E-state index >= 15 is 0 Å². The van der Waals surface area contributed by atoms with Crippen LogP contribution in [-0.4, -0.2) is 0 Å². The normalized spacial score (nSPS) is 10.0. The molecule has 0 unspecified atom stereocenters. The van der Waals surface area contributed by atoms with Crippen LogP contribution in [0.1, 0.15) is 5.56 Å². The summed E-state index contributed by atoms with van der Waals surface area (Å²) in [5, 5.41) is 0.659. The van der Waals surface area contributed by atoms with Gasteiger partial charge in [-0.1, -0.05) is 23.7 Å². The largest absolute Gasteiger partial charge is 0.457 e. The van der Waals surface area contributed by atoms with Crippen LogP contribution in [0.4, 0.5) is 0 Å². The standard InChI is InChI=1S/C13H10ClO/c1-10-3-2-4-13(9-10)15-12-7-5-11(14)6-8-12/h2-7,9H,1H3. The van der Waals surface area contributed by atoms with Gasteiger partial charge in [0.1, 0.15) is 11.5 Å². The topological polar surface area (TPSA) is 9.23 Å². The maximum Gasteiger partial charge on any atom is 0.135 e. The summed E-state index contributed by atoms with van der Waals surface area (Å²) >= 11 is 5.75. The summed E-state index contributed by atoms with van der Waals surface area (Å²) in [6.07, 6.45) is 0. The molecule has 2 heteroatoms. The van der Waals surface area contributed by atoms with Gasteiger partial charge in [-0.2, -0.15) is 0 Å². The highest BCUT2D eigenvalue weighted by Crippen LogP contribution is 2.22. The fourth-order valence-electron chi connectivity index (χ4n) is 1.26. The minimum absolute atomic E-state index is 0.659. The van der Waals surface area contributed by atoms with Crippen molar-refractivity contribution in [1.29, 1.82) is 0 Å². The van der Waals surface area contributed by atoms with Crippen molar-refractivity contribution in [3.05, 3.63) is 59.1 Å². The summed E-state index contributed by atoms with van der Waals surface area (Å²) in [5.74, 6) is 1.48. The number of benzene rings is 2. The molecule has 0 aliphatic carbocycles. The van der Waals surface area contributed by atoms with E-state index in [0.717, 1.165) is 5.75 Å². The first kappa shape index (κ1) is 10.1. The Morgan fingerprint density at radius 1 is 1.20 bits per heavy atom. The Labute approximate surface area is 94.3 Å². The molecule has 1 radical (unpaired) electrons. The van der Waals surface area contributed by atoms with E-state index in [2.05, 4.69) is 6.07 Å². The Balaban J connectivity index is 2.18. The molecule has 2 aromatic rings. The number of rotatable bonds is 2. The lowest BCUT2D eigenvalue weighted by molar-refractivity contribution is 0.481. The third-order valence-corrected chi connectivity index (χ3v) is 2.20. The molecule has 0 aliphatic heterocycles. The molecule has 2 rings (SSSR count). The van der Waals surface area contributed by atoms with Crippen LogP contribution in [-0.2, 0) is 0 Å². The average Bonchev–Trinajstić information content (AvgIpc) is 2.22. The molecule has 0 N–H and O–H groups in total. The van der Waals surface area contributed by atoms with Gasteiger partial charge in [0.2, 0.25) is 0 Å². The predicted octanol–water partition coefficient (Wildman–Crippen LogP) is 4.24. The molecular weight excluding hydrogens is 208 g/mol. The lowest BCUT2D eigenvalue weighted by Crippen LogP contribution is -1.84. The van der Waals surface area contributed by atoms with E-state index < -0.39 is 0 Å². The average molecular weight is 218 g/mol. The van der Waals surface area contributed by atoms with Crippen LogP contribution in [0.3, 0.4) is 0 Å². The molecule has 0 fully saturated rings. The van der Waals surface area contributed by atoms with Crippen LogP contribution in [0, 0.1) is 13.0 Å². The zero-order valence-corrected chi connectivity index (χ0v) is 9.08. The number of aryl methyl sites for hydroxylation is 1. The molecule has 0 bridgehead atoms. The van der Waals surface area contributed by atoms with Crippen molar-refractivity contribution in [3.8, 4) is 11.5 Å². The van der Waals surface area contributed by atoms with Crippen LogP contribution in [0.2, 0.25) is 5.02 Å². The third kappa shape index (κ3) is 2.74. The van der Waals surface area contributed by atoms with E-state index in [1.165, 1.54) is 5.56 Å². The summed E-state index contributed by atoms with van der Waals surface area (Å²) < 4.78 is 5.60. The maximum atomic E-state index is 5.75. The lowest BCUT2D eigenvalue weighted by atomic mass is 10.2. The highest BCUT2D eigenvalue weighted by molar-refractivity contribution is 6.30. The fraction of sp³-hybridized carbons (Fsp3) is 0.0769. The molecule has 0 heterocycles. The molecule has 0 amide bonds. The number of hydrogen-bond acceptors (Lipinski definition) is 1. The Morgan fingerprint density at radius 3 is 2.73 bits per heavy atom. The minimum atomic E-state index is 0.659. The fourth-order valence-corrected chi connectivity index (χ4v) is 1.38. The zero-order chi connectivity index (χ0) is 10.7. The molecule has 2 aromatic carbocycles. The second-order valence-electron chi connectivity index (χ2n) is 3.29. The predicted molar refractivity (Wildman–Crippen MR) is 61.5 cm³/mol. The van der Waals surface area contributed by atoms with Crippen molar-refractivity contribution in [1.82, 2.24) is 0 Å². The van der Waals surface area contributed by atoms with Crippen LogP contribution in [0.25, 0.3) is 0 Å². The van der Waals surface area contributed by atoms with Gasteiger partial charge in [0.05, 0.1) is 0 Å². The number of halogens is 1. The monoisotopic (exact) mass is 217 g/mol. The van der Waals surface area contributed by atoms with Crippen LogP contribution in [0.15, 0.2) is 42.5 Å². The van der Waals surface area contributed by atoms with E-state index in [1.807, 2.05) is 31.2 Å². The molecule has 0 spiro atoms. The van der Waals surface area contributed by atoms with Crippen LogP contribution >= 0.6 is 11.6 Å². The van der Waals surface area contributed by atoms with Crippen molar-refractivity contribution in [2.45, 2.75) is 6.92 Å². The summed E-state index contributed by atoms with van der Waals surface area (Å²) in [6.45, 7) is 2.03. The molecule has 75 valence electrons. The van der Waals surface area contributed by atoms with Crippen molar-refractivity contribution in [2.24, 2.45) is 0 Å². The zero-order valence-electron chi connectivity index (χ0n) is 8.33. The molecule has 0 aliphatic rings. The molecule has 1 nitrogen and oxygen atoms in total. The second kappa shape index (κ2) is 4.37. The van der Waals surface area contributed by atoms with Crippen molar-refractivity contribution in [3.63, 3.8) is 0 Å². The Bertz CT molecular complexity index is 448. The highest BCUT2D eigenvalue weighted by atomic mass is 35.5. The third-order valence-electron chi connectivity index (χ3n) is 1.96. The van der Waals surface area contributed by atoms with Gasteiger partial charge in [0.25, 0.3) is 0 Å². The SMILES string of the molecule is Cc1cccc(Oc2[c]cc(Cl)cc2)c1. The van der Waals surface area contributed by atoms with Crippen molar-refractivity contribution >= 4 is 11.6 Å².